The van der Waals surface area contributed by atoms with Crippen molar-refractivity contribution in [3.63, 3.8) is 0 Å². The van der Waals surface area contributed by atoms with Crippen LogP contribution in [0.15, 0.2) is 42.5 Å². The van der Waals surface area contributed by atoms with Gasteiger partial charge in [0.2, 0.25) is 11.8 Å². The molecule has 0 radical (unpaired) electrons. The van der Waals surface area contributed by atoms with Gasteiger partial charge < -0.3 is 16.0 Å². The Labute approximate surface area is 200 Å². The molecular formula is C24H25ClF2N4O3. The normalized spacial score (nSPS) is 22.1. The summed E-state index contributed by atoms with van der Waals surface area (Å²) in [6.07, 6.45) is 1.26. The summed E-state index contributed by atoms with van der Waals surface area (Å²) in [7, 11) is 0. The lowest BCUT2D eigenvalue weighted by Gasteiger charge is -2.37. The van der Waals surface area contributed by atoms with Crippen molar-refractivity contribution in [1.29, 1.82) is 0 Å². The summed E-state index contributed by atoms with van der Waals surface area (Å²) in [5, 5.41) is 8.48. The van der Waals surface area contributed by atoms with E-state index in [0.29, 0.717) is 32.5 Å². The lowest BCUT2D eigenvalue weighted by atomic mass is 10.0. The number of hydrogen-bond acceptors (Lipinski definition) is 4. The minimum absolute atomic E-state index is 0.0403. The van der Waals surface area contributed by atoms with Crippen molar-refractivity contribution < 1.29 is 23.2 Å². The van der Waals surface area contributed by atoms with Crippen molar-refractivity contribution in [2.75, 3.05) is 13.1 Å². The SMILES string of the molecule is O=C(CCC1CNC(=O)C2CC(NC(=O)c3ccc(F)c(Cl)c3)CN12)NCc1ccc(F)cc1. The van der Waals surface area contributed by atoms with Crippen LogP contribution in [-0.2, 0) is 16.1 Å². The number of carbonyl (C=O) groups excluding carboxylic acids is 3. The summed E-state index contributed by atoms with van der Waals surface area (Å²) in [5.74, 6) is -1.54. The van der Waals surface area contributed by atoms with Crippen LogP contribution in [-0.4, -0.2) is 53.8 Å². The number of nitrogens with zero attached hydrogens (tertiary/aromatic N) is 1. The summed E-state index contributed by atoms with van der Waals surface area (Å²) in [6.45, 7) is 1.21. The molecule has 2 aromatic carbocycles. The Morgan fingerprint density at radius 1 is 1.15 bits per heavy atom. The predicted molar refractivity (Wildman–Crippen MR) is 122 cm³/mol. The largest absolute Gasteiger partial charge is 0.353 e. The van der Waals surface area contributed by atoms with E-state index in [-0.39, 0.29) is 58.7 Å². The van der Waals surface area contributed by atoms with Gasteiger partial charge in [-0.25, -0.2) is 8.78 Å². The molecule has 0 spiro atoms. The van der Waals surface area contributed by atoms with Gasteiger partial charge in [-0.1, -0.05) is 23.7 Å². The van der Waals surface area contributed by atoms with Crippen molar-refractivity contribution in [2.45, 2.75) is 43.9 Å². The van der Waals surface area contributed by atoms with Crippen LogP contribution in [0.1, 0.15) is 35.2 Å². The highest BCUT2D eigenvalue weighted by atomic mass is 35.5. The van der Waals surface area contributed by atoms with Crippen LogP contribution in [0.4, 0.5) is 8.78 Å². The molecule has 3 amide bonds. The van der Waals surface area contributed by atoms with Gasteiger partial charge in [-0.05, 0) is 48.7 Å². The van der Waals surface area contributed by atoms with Crippen LogP contribution in [0.5, 0.6) is 0 Å². The maximum absolute atomic E-state index is 13.4. The third kappa shape index (κ3) is 5.71. The minimum Gasteiger partial charge on any atom is -0.353 e. The molecule has 0 bridgehead atoms. The first kappa shape index (κ1) is 24.1. The van der Waals surface area contributed by atoms with Crippen molar-refractivity contribution in [3.8, 4) is 0 Å². The fourth-order valence-corrected chi connectivity index (χ4v) is 4.62. The van der Waals surface area contributed by atoms with Crippen LogP contribution in [0.2, 0.25) is 5.02 Å². The molecule has 2 aromatic rings. The van der Waals surface area contributed by atoms with E-state index in [2.05, 4.69) is 16.0 Å². The molecule has 2 aliphatic heterocycles. The molecule has 3 unspecified atom stereocenters. The highest BCUT2D eigenvalue weighted by molar-refractivity contribution is 6.31. The standard InChI is InChI=1S/C24H25ClF2N4O3/c25-19-9-15(3-7-20(19)27)23(33)30-17-10-21-24(34)29-12-18(31(21)13-17)6-8-22(32)28-11-14-1-4-16(26)5-2-14/h1-5,7,9,17-18,21H,6,8,10-13H2,(H,28,32)(H,29,34)(H,30,33). The van der Waals surface area contributed by atoms with E-state index in [4.69, 9.17) is 11.6 Å². The van der Waals surface area contributed by atoms with Crippen LogP contribution >= 0.6 is 11.6 Å². The molecule has 2 heterocycles. The number of halogens is 3. The molecule has 0 saturated carbocycles. The Hall–Kier alpha value is -3.04. The van der Waals surface area contributed by atoms with Gasteiger partial charge >= 0.3 is 0 Å². The molecule has 7 nitrogen and oxygen atoms in total. The van der Waals surface area contributed by atoms with E-state index >= 15 is 0 Å². The fourth-order valence-electron chi connectivity index (χ4n) is 4.44. The first-order valence-corrected chi connectivity index (χ1v) is 11.5. The monoisotopic (exact) mass is 490 g/mol. The molecule has 34 heavy (non-hydrogen) atoms. The van der Waals surface area contributed by atoms with Crippen molar-refractivity contribution in [1.82, 2.24) is 20.9 Å². The zero-order valence-electron chi connectivity index (χ0n) is 18.3. The number of nitrogens with one attached hydrogen (secondary N) is 3. The number of amides is 3. The first-order valence-electron chi connectivity index (χ1n) is 11.1. The zero-order valence-corrected chi connectivity index (χ0v) is 19.1. The fraction of sp³-hybridized carbons (Fsp3) is 0.375. The molecular weight excluding hydrogens is 466 g/mol. The van der Waals surface area contributed by atoms with Gasteiger partial charge in [0.15, 0.2) is 0 Å². The quantitative estimate of drug-likeness (QED) is 0.556. The highest BCUT2D eigenvalue weighted by Crippen LogP contribution is 2.26. The van der Waals surface area contributed by atoms with Crippen LogP contribution < -0.4 is 16.0 Å². The van der Waals surface area contributed by atoms with Gasteiger partial charge in [0.25, 0.3) is 5.91 Å². The molecule has 0 aromatic heterocycles. The topological polar surface area (TPSA) is 90.5 Å². The molecule has 3 N–H and O–H groups in total. The lowest BCUT2D eigenvalue weighted by Crippen LogP contribution is -2.58. The molecule has 2 fully saturated rings. The molecule has 0 aliphatic carbocycles. The zero-order chi connectivity index (χ0) is 24.2. The molecule has 2 saturated heterocycles. The second kappa shape index (κ2) is 10.5. The van der Waals surface area contributed by atoms with Crippen molar-refractivity contribution >= 4 is 29.3 Å². The van der Waals surface area contributed by atoms with Gasteiger partial charge in [0.05, 0.1) is 11.1 Å². The number of fused-ring (bicyclic) bond motifs is 1. The Balaban J connectivity index is 1.29. The van der Waals surface area contributed by atoms with Crippen LogP contribution in [0.3, 0.4) is 0 Å². The van der Waals surface area contributed by atoms with Gasteiger partial charge in [-0.3, -0.25) is 19.3 Å². The molecule has 10 heteroatoms. The van der Waals surface area contributed by atoms with Crippen LogP contribution in [0.25, 0.3) is 0 Å². The lowest BCUT2D eigenvalue weighted by molar-refractivity contribution is -0.129. The highest BCUT2D eigenvalue weighted by Gasteiger charge is 2.43. The van der Waals surface area contributed by atoms with Gasteiger partial charge in [0, 0.05) is 43.7 Å². The van der Waals surface area contributed by atoms with E-state index in [1.807, 2.05) is 4.90 Å². The summed E-state index contributed by atoms with van der Waals surface area (Å²) in [6, 6.07) is 9.02. The molecule has 180 valence electrons. The number of piperazine rings is 1. The molecule has 4 rings (SSSR count). The number of rotatable bonds is 7. The van der Waals surface area contributed by atoms with E-state index in [0.717, 1.165) is 11.6 Å². The molecule has 3 atom stereocenters. The minimum atomic E-state index is -0.600. The van der Waals surface area contributed by atoms with Crippen LogP contribution in [0, 0.1) is 11.6 Å². The third-order valence-corrected chi connectivity index (χ3v) is 6.54. The first-order chi connectivity index (χ1) is 16.3. The molecule has 2 aliphatic rings. The number of benzene rings is 2. The average Bonchev–Trinajstić information content (AvgIpc) is 3.24. The number of carbonyl (C=O) groups is 3. The Morgan fingerprint density at radius 2 is 1.91 bits per heavy atom. The van der Waals surface area contributed by atoms with E-state index < -0.39 is 5.82 Å². The smallest absolute Gasteiger partial charge is 0.251 e. The maximum Gasteiger partial charge on any atom is 0.251 e. The van der Waals surface area contributed by atoms with Crippen molar-refractivity contribution in [2.24, 2.45) is 0 Å². The average molecular weight is 491 g/mol. The Kier molecular flexibility index (Phi) is 7.43. The second-order valence-electron chi connectivity index (χ2n) is 8.59. The van der Waals surface area contributed by atoms with E-state index in [9.17, 15) is 23.2 Å². The van der Waals surface area contributed by atoms with Gasteiger partial charge in [0.1, 0.15) is 11.6 Å². The summed E-state index contributed by atoms with van der Waals surface area (Å²) >= 11 is 5.77. The summed E-state index contributed by atoms with van der Waals surface area (Å²) in [5.41, 5.74) is 1.05. The Bertz CT molecular complexity index is 1080. The Morgan fingerprint density at radius 3 is 2.65 bits per heavy atom. The van der Waals surface area contributed by atoms with Gasteiger partial charge in [-0.2, -0.15) is 0 Å². The maximum atomic E-state index is 13.4. The predicted octanol–water partition coefficient (Wildman–Crippen LogP) is 2.39. The van der Waals surface area contributed by atoms with E-state index in [1.54, 1.807) is 12.1 Å². The van der Waals surface area contributed by atoms with Crippen molar-refractivity contribution in [3.05, 3.63) is 70.2 Å². The summed E-state index contributed by atoms with van der Waals surface area (Å²) < 4.78 is 26.4. The second-order valence-corrected chi connectivity index (χ2v) is 9.00. The number of hydrogen-bond donors (Lipinski definition) is 3. The van der Waals surface area contributed by atoms with E-state index in [1.165, 1.54) is 24.3 Å². The third-order valence-electron chi connectivity index (χ3n) is 6.25. The summed E-state index contributed by atoms with van der Waals surface area (Å²) in [4.78, 5) is 39.3. The van der Waals surface area contributed by atoms with Gasteiger partial charge in [-0.15, -0.1) is 0 Å².